The van der Waals surface area contributed by atoms with Gasteiger partial charge >= 0.3 is 5.97 Å². The zero-order valence-electron chi connectivity index (χ0n) is 9.91. The molecule has 1 aromatic heterocycles. The lowest BCUT2D eigenvalue weighted by Gasteiger charge is -2.35. The molecule has 0 radical (unpaired) electrons. The first-order valence-electron chi connectivity index (χ1n) is 5.59. The number of H-pyrrole nitrogens is 1. The van der Waals surface area contributed by atoms with Gasteiger partial charge in [0.05, 0.1) is 0 Å². The number of nitrogens with zero attached hydrogens (tertiary/aromatic N) is 5. The number of carboxylic acid groups (broad SMARTS) is 1. The number of amides is 1. The number of rotatable bonds is 3. The molecular weight excluding hydrogens is 240 g/mol. The maximum atomic E-state index is 11.9. The first-order chi connectivity index (χ1) is 8.59. The van der Waals surface area contributed by atoms with Gasteiger partial charge in [-0.25, -0.2) is 0 Å². The lowest BCUT2D eigenvalue weighted by molar-refractivity contribution is -0.143. The van der Waals surface area contributed by atoms with Crippen molar-refractivity contribution in [3.8, 4) is 0 Å². The van der Waals surface area contributed by atoms with Gasteiger partial charge in [-0.15, -0.1) is 10.2 Å². The number of nitrogens with one attached hydrogen (secondary N) is 1. The van der Waals surface area contributed by atoms with Gasteiger partial charge in [-0.1, -0.05) is 0 Å². The summed E-state index contributed by atoms with van der Waals surface area (Å²) < 4.78 is 0. The zero-order valence-corrected chi connectivity index (χ0v) is 9.91. The third-order valence-electron chi connectivity index (χ3n) is 3.04. The molecule has 0 saturated carbocycles. The van der Waals surface area contributed by atoms with Crippen molar-refractivity contribution in [2.75, 3.05) is 26.2 Å². The average Bonchev–Trinajstić information content (AvgIpc) is 2.91. The number of carboxylic acids is 1. The van der Waals surface area contributed by atoms with Crippen LogP contribution in [-0.2, 0) is 4.79 Å². The van der Waals surface area contributed by atoms with Crippen molar-refractivity contribution in [1.82, 2.24) is 30.4 Å². The highest BCUT2D eigenvalue weighted by Crippen LogP contribution is 2.08. The van der Waals surface area contributed by atoms with Gasteiger partial charge in [-0.3, -0.25) is 14.5 Å². The summed E-state index contributed by atoms with van der Waals surface area (Å²) in [4.78, 5) is 26.1. The van der Waals surface area contributed by atoms with E-state index in [1.165, 1.54) is 0 Å². The van der Waals surface area contributed by atoms with Gasteiger partial charge in [0.25, 0.3) is 11.7 Å². The molecular formula is C9H14N6O3. The molecule has 0 aromatic carbocycles. The van der Waals surface area contributed by atoms with Gasteiger partial charge in [-0.05, 0) is 12.1 Å². The average molecular weight is 254 g/mol. The number of piperazine rings is 1. The van der Waals surface area contributed by atoms with Crippen LogP contribution in [0.3, 0.4) is 0 Å². The van der Waals surface area contributed by atoms with E-state index < -0.39 is 12.0 Å². The molecule has 18 heavy (non-hydrogen) atoms. The molecule has 1 aromatic rings. The number of hydrogen-bond donors (Lipinski definition) is 2. The minimum absolute atomic E-state index is 0.0368. The maximum absolute atomic E-state index is 11.9. The highest BCUT2D eigenvalue weighted by atomic mass is 16.4. The molecule has 9 heteroatoms. The van der Waals surface area contributed by atoms with Crippen molar-refractivity contribution in [3.63, 3.8) is 0 Å². The summed E-state index contributed by atoms with van der Waals surface area (Å²) >= 11 is 0. The first kappa shape index (κ1) is 12.4. The second-order valence-electron chi connectivity index (χ2n) is 4.08. The Morgan fingerprint density at radius 1 is 1.33 bits per heavy atom. The fraction of sp³-hybridized carbons (Fsp3) is 0.667. The van der Waals surface area contributed by atoms with Gasteiger partial charge in [0.2, 0.25) is 0 Å². The quantitative estimate of drug-likeness (QED) is 0.669. The molecule has 98 valence electrons. The van der Waals surface area contributed by atoms with Crippen LogP contribution in [0, 0.1) is 0 Å². The SMILES string of the molecule is CC(C(=O)O)N1CCN(C(=O)c2nn[nH]n2)CC1. The van der Waals surface area contributed by atoms with E-state index in [-0.39, 0.29) is 11.7 Å². The predicted octanol–water partition coefficient (Wildman–Crippen LogP) is -1.57. The Bertz CT molecular complexity index is 426. The van der Waals surface area contributed by atoms with E-state index in [9.17, 15) is 9.59 Å². The molecule has 1 unspecified atom stereocenters. The van der Waals surface area contributed by atoms with E-state index in [1.807, 2.05) is 4.90 Å². The van der Waals surface area contributed by atoms with Crippen LogP contribution in [0.4, 0.5) is 0 Å². The van der Waals surface area contributed by atoms with Crippen molar-refractivity contribution in [1.29, 1.82) is 0 Å². The van der Waals surface area contributed by atoms with Crippen LogP contribution >= 0.6 is 0 Å². The van der Waals surface area contributed by atoms with E-state index in [4.69, 9.17) is 5.11 Å². The molecule has 2 N–H and O–H groups in total. The molecule has 1 saturated heterocycles. The van der Waals surface area contributed by atoms with Crippen LogP contribution in [-0.4, -0.2) is 79.6 Å². The van der Waals surface area contributed by atoms with Crippen LogP contribution in [0.1, 0.15) is 17.5 Å². The van der Waals surface area contributed by atoms with Gasteiger partial charge in [0.1, 0.15) is 6.04 Å². The molecule has 2 rings (SSSR count). The monoisotopic (exact) mass is 254 g/mol. The Kier molecular flexibility index (Phi) is 3.51. The van der Waals surface area contributed by atoms with E-state index in [0.29, 0.717) is 26.2 Å². The van der Waals surface area contributed by atoms with Crippen LogP contribution in [0.2, 0.25) is 0 Å². The molecule has 0 spiro atoms. The topological polar surface area (TPSA) is 115 Å². The predicted molar refractivity (Wildman–Crippen MR) is 58.8 cm³/mol. The Labute approximate surface area is 103 Å². The number of aromatic amines is 1. The number of tetrazole rings is 1. The summed E-state index contributed by atoms with van der Waals surface area (Å²) in [5, 5.41) is 21.7. The zero-order chi connectivity index (χ0) is 13.1. The Balaban J connectivity index is 1.91. The molecule has 1 fully saturated rings. The second-order valence-corrected chi connectivity index (χ2v) is 4.08. The summed E-state index contributed by atoms with van der Waals surface area (Å²) in [6.45, 7) is 3.61. The molecule has 0 aliphatic carbocycles. The summed E-state index contributed by atoms with van der Waals surface area (Å²) in [6.07, 6.45) is 0. The van der Waals surface area contributed by atoms with Crippen LogP contribution < -0.4 is 0 Å². The molecule has 0 bridgehead atoms. The first-order valence-corrected chi connectivity index (χ1v) is 5.59. The summed E-state index contributed by atoms with van der Waals surface area (Å²) in [5.74, 6) is -1.10. The van der Waals surface area contributed by atoms with E-state index in [0.717, 1.165) is 0 Å². The van der Waals surface area contributed by atoms with Crippen molar-refractivity contribution < 1.29 is 14.7 Å². The normalized spacial score (nSPS) is 18.6. The Morgan fingerprint density at radius 3 is 2.50 bits per heavy atom. The van der Waals surface area contributed by atoms with Crippen LogP contribution in [0.5, 0.6) is 0 Å². The third-order valence-corrected chi connectivity index (χ3v) is 3.04. The number of carbonyl (C=O) groups is 2. The van der Waals surface area contributed by atoms with Gasteiger partial charge in [0, 0.05) is 26.2 Å². The van der Waals surface area contributed by atoms with Crippen molar-refractivity contribution in [3.05, 3.63) is 5.82 Å². The van der Waals surface area contributed by atoms with Crippen molar-refractivity contribution in [2.24, 2.45) is 0 Å². The Hall–Kier alpha value is -2.03. The van der Waals surface area contributed by atoms with Crippen LogP contribution in [0.25, 0.3) is 0 Å². The van der Waals surface area contributed by atoms with Gasteiger partial charge in [0.15, 0.2) is 0 Å². The van der Waals surface area contributed by atoms with Gasteiger partial charge in [-0.2, -0.15) is 5.21 Å². The standard InChI is InChI=1S/C9H14N6O3/c1-6(9(17)18)14-2-4-15(5-3-14)8(16)7-10-12-13-11-7/h6H,2-5H2,1H3,(H,17,18)(H,10,11,12,13). The summed E-state index contributed by atoms with van der Waals surface area (Å²) in [6, 6.07) is -0.535. The van der Waals surface area contributed by atoms with E-state index in [1.54, 1.807) is 11.8 Å². The summed E-state index contributed by atoms with van der Waals surface area (Å²) in [5.41, 5.74) is 0. The maximum Gasteiger partial charge on any atom is 0.320 e. The van der Waals surface area contributed by atoms with E-state index in [2.05, 4.69) is 20.6 Å². The fourth-order valence-corrected chi connectivity index (χ4v) is 1.86. The molecule has 1 amide bonds. The molecule has 1 aliphatic heterocycles. The van der Waals surface area contributed by atoms with Gasteiger partial charge < -0.3 is 10.0 Å². The van der Waals surface area contributed by atoms with Crippen molar-refractivity contribution >= 4 is 11.9 Å². The molecule has 2 heterocycles. The lowest BCUT2D eigenvalue weighted by atomic mass is 10.2. The smallest absolute Gasteiger partial charge is 0.320 e. The minimum Gasteiger partial charge on any atom is -0.480 e. The highest BCUT2D eigenvalue weighted by molar-refractivity contribution is 5.90. The molecule has 1 atom stereocenters. The van der Waals surface area contributed by atoms with Crippen molar-refractivity contribution in [2.45, 2.75) is 13.0 Å². The lowest BCUT2D eigenvalue weighted by Crippen LogP contribution is -2.53. The fourth-order valence-electron chi connectivity index (χ4n) is 1.86. The van der Waals surface area contributed by atoms with Crippen LogP contribution in [0.15, 0.2) is 0 Å². The highest BCUT2D eigenvalue weighted by Gasteiger charge is 2.28. The number of aromatic nitrogens is 4. The summed E-state index contributed by atoms with van der Waals surface area (Å²) in [7, 11) is 0. The molecule has 9 nitrogen and oxygen atoms in total. The molecule has 1 aliphatic rings. The van der Waals surface area contributed by atoms with E-state index >= 15 is 0 Å². The number of carbonyl (C=O) groups excluding carboxylic acids is 1. The third kappa shape index (κ3) is 2.45. The minimum atomic E-state index is -0.854. The number of hydrogen-bond acceptors (Lipinski definition) is 6. The largest absolute Gasteiger partial charge is 0.480 e. The second kappa shape index (κ2) is 5.08. The Morgan fingerprint density at radius 2 is 2.00 bits per heavy atom. The number of aliphatic carboxylic acids is 1.